The number of ether oxygens (including phenoxy) is 2. The molecule has 3 aromatic carbocycles. The SMILES string of the molecule is O=S(=O)(Cc1ccccc1)N(c1ccccc1)c1cccc(C(F)(F)F)c1OCC1CO1. The van der Waals surface area contributed by atoms with Crippen LogP contribution in [0.15, 0.2) is 78.9 Å². The van der Waals surface area contributed by atoms with E-state index in [0.29, 0.717) is 12.2 Å². The fourth-order valence-electron chi connectivity index (χ4n) is 3.26. The van der Waals surface area contributed by atoms with Crippen molar-refractivity contribution in [1.29, 1.82) is 0 Å². The van der Waals surface area contributed by atoms with Crippen LogP contribution in [0.2, 0.25) is 0 Å². The van der Waals surface area contributed by atoms with Gasteiger partial charge >= 0.3 is 6.18 Å². The van der Waals surface area contributed by atoms with Gasteiger partial charge in [-0.2, -0.15) is 13.2 Å². The first-order chi connectivity index (χ1) is 15.3. The van der Waals surface area contributed by atoms with Crippen molar-refractivity contribution >= 4 is 21.4 Å². The molecule has 0 N–H and O–H groups in total. The Kier molecular flexibility index (Phi) is 6.12. The average Bonchev–Trinajstić information content (AvgIpc) is 3.57. The van der Waals surface area contributed by atoms with Crippen LogP contribution in [-0.4, -0.2) is 27.7 Å². The summed E-state index contributed by atoms with van der Waals surface area (Å²) in [5.74, 6) is -0.944. The molecule has 1 unspecified atom stereocenters. The Morgan fingerprint density at radius 1 is 0.938 bits per heavy atom. The maximum Gasteiger partial charge on any atom is 0.420 e. The van der Waals surface area contributed by atoms with E-state index in [4.69, 9.17) is 9.47 Å². The van der Waals surface area contributed by atoms with Crippen LogP contribution in [0.25, 0.3) is 0 Å². The lowest BCUT2D eigenvalue weighted by atomic mass is 10.1. The Labute approximate surface area is 184 Å². The summed E-state index contributed by atoms with van der Waals surface area (Å²) in [4.78, 5) is 0. The molecule has 0 aromatic heterocycles. The van der Waals surface area contributed by atoms with Gasteiger partial charge in [-0.25, -0.2) is 12.7 Å². The third-order valence-corrected chi connectivity index (χ3v) is 6.46. The lowest BCUT2D eigenvalue weighted by molar-refractivity contribution is -0.138. The normalized spacial score (nSPS) is 15.9. The summed E-state index contributed by atoms with van der Waals surface area (Å²) in [5, 5.41) is 0. The molecule has 0 aliphatic carbocycles. The topological polar surface area (TPSA) is 59.1 Å². The van der Waals surface area contributed by atoms with E-state index in [9.17, 15) is 21.6 Å². The van der Waals surface area contributed by atoms with Crippen LogP contribution in [0.5, 0.6) is 5.75 Å². The molecule has 4 rings (SSSR count). The molecule has 0 saturated carbocycles. The largest absolute Gasteiger partial charge is 0.488 e. The second kappa shape index (κ2) is 8.84. The minimum atomic E-state index is -4.73. The van der Waals surface area contributed by atoms with Gasteiger partial charge in [-0.05, 0) is 29.8 Å². The summed E-state index contributed by atoms with van der Waals surface area (Å²) in [5.41, 5.74) is -0.543. The average molecular weight is 463 g/mol. The zero-order chi connectivity index (χ0) is 22.8. The molecule has 1 aliphatic rings. The van der Waals surface area contributed by atoms with Crippen LogP contribution >= 0.6 is 0 Å². The molecule has 0 bridgehead atoms. The number of sulfonamides is 1. The van der Waals surface area contributed by atoms with E-state index in [2.05, 4.69) is 0 Å². The number of epoxide rings is 1. The van der Waals surface area contributed by atoms with Gasteiger partial charge in [0.15, 0.2) is 5.75 Å². The summed E-state index contributed by atoms with van der Waals surface area (Å²) in [6.07, 6.45) is -5.04. The number of hydrogen-bond acceptors (Lipinski definition) is 4. The minimum Gasteiger partial charge on any atom is -0.488 e. The zero-order valence-corrected chi connectivity index (χ0v) is 17.6. The monoisotopic (exact) mass is 463 g/mol. The van der Waals surface area contributed by atoms with E-state index < -0.39 is 33.3 Å². The molecule has 1 atom stereocenters. The molecule has 32 heavy (non-hydrogen) atoms. The fourth-order valence-corrected chi connectivity index (χ4v) is 4.89. The van der Waals surface area contributed by atoms with Crippen LogP contribution in [0.1, 0.15) is 11.1 Å². The maximum atomic E-state index is 13.8. The first kappa shape index (κ1) is 22.2. The Hall–Kier alpha value is -3.04. The number of benzene rings is 3. The van der Waals surface area contributed by atoms with Gasteiger partial charge in [0, 0.05) is 0 Å². The van der Waals surface area contributed by atoms with Gasteiger partial charge in [0.05, 0.1) is 29.3 Å². The number of hydrogen-bond donors (Lipinski definition) is 0. The van der Waals surface area contributed by atoms with E-state index in [1.54, 1.807) is 48.5 Å². The van der Waals surface area contributed by atoms with Crippen LogP contribution in [0.3, 0.4) is 0 Å². The highest BCUT2D eigenvalue weighted by molar-refractivity contribution is 7.92. The fraction of sp³-hybridized carbons (Fsp3) is 0.217. The van der Waals surface area contributed by atoms with E-state index in [-0.39, 0.29) is 24.1 Å². The van der Waals surface area contributed by atoms with Gasteiger partial charge in [0.25, 0.3) is 0 Å². The molecule has 0 spiro atoms. The molecular weight excluding hydrogens is 443 g/mol. The highest BCUT2D eigenvalue weighted by Crippen LogP contribution is 2.45. The van der Waals surface area contributed by atoms with Crippen molar-refractivity contribution < 1.29 is 31.1 Å². The number of rotatable bonds is 8. The molecule has 1 fully saturated rings. The minimum absolute atomic E-state index is 0.110. The van der Waals surface area contributed by atoms with E-state index in [1.807, 2.05) is 0 Å². The quantitative estimate of drug-likeness (QED) is 0.434. The van der Waals surface area contributed by atoms with Crippen molar-refractivity contribution in [3.63, 3.8) is 0 Å². The Morgan fingerprint density at radius 3 is 2.16 bits per heavy atom. The van der Waals surface area contributed by atoms with Gasteiger partial charge in [0.1, 0.15) is 12.7 Å². The lowest BCUT2D eigenvalue weighted by Gasteiger charge is -2.28. The molecule has 3 aromatic rings. The van der Waals surface area contributed by atoms with Crippen molar-refractivity contribution in [1.82, 2.24) is 0 Å². The van der Waals surface area contributed by atoms with Gasteiger partial charge in [-0.1, -0.05) is 54.6 Å². The van der Waals surface area contributed by atoms with Crippen molar-refractivity contribution in [3.05, 3.63) is 90.0 Å². The summed E-state index contributed by atoms with van der Waals surface area (Å²) in [6, 6.07) is 19.8. The van der Waals surface area contributed by atoms with Crippen molar-refractivity contribution in [3.8, 4) is 5.75 Å². The van der Waals surface area contributed by atoms with Crippen molar-refractivity contribution in [2.75, 3.05) is 17.5 Å². The Balaban J connectivity index is 1.86. The first-order valence-electron chi connectivity index (χ1n) is 9.82. The maximum absolute atomic E-state index is 13.8. The lowest BCUT2D eigenvalue weighted by Crippen LogP contribution is -2.29. The second-order valence-electron chi connectivity index (χ2n) is 7.26. The third-order valence-electron chi connectivity index (χ3n) is 4.80. The molecule has 1 saturated heterocycles. The highest BCUT2D eigenvalue weighted by Gasteiger charge is 2.39. The summed E-state index contributed by atoms with van der Waals surface area (Å²) >= 11 is 0. The standard InChI is InChI=1S/C23H20F3NO4S/c24-23(25,26)20-12-7-13-21(22(20)31-15-19-14-30-19)27(18-10-5-2-6-11-18)32(28,29)16-17-8-3-1-4-9-17/h1-13,19H,14-16H2. The predicted molar refractivity (Wildman–Crippen MR) is 114 cm³/mol. The first-order valence-corrected chi connectivity index (χ1v) is 11.4. The molecule has 168 valence electrons. The van der Waals surface area contributed by atoms with Crippen LogP contribution in [0, 0.1) is 0 Å². The number of alkyl halides is 3. The van der Waals surface area contributed by atoms with Crippen LogP contribution in [0.4, 0.5) is 24.5 Å². The number of anilines is 2. The number of nitrogens with zero attached hydrogens (tertiary/aromatic N) is 1. The predicted octanol–water partition coefficient (Wildman–Crippen LogP) is 5.15. The summed E-state index contributed by atoms with van der Waals surface area (Å²) < 4.78 is 79.9. The van der Waals surface area contributed by atoms with E-state index in [0.717, 1.165) is 10.4 Å². The van der Waals surface area contributed by atoms with Crippen LogP contribution < -0.4 is 9.04 Å². The van der Waals surface area contributed by atoms with Crippen molar-refractivity contribution in [2.45, 2.75) is 18.0 Å². The van der Waals surface area contributed by atoms with E-state index in [1.165, 1.54) is 24.3 Å². The summed E-state index contributed by atoms with van der Waals surface area (Å²) in [7, 11) is -4.13. The second-order valence-corrected chi connectivity index (χ2v) is 9.08. The van der Waals surface area contributed by atoms with Gasteiger partial charge < -0.3 is 9.47 Å². The molecular formula is C23H20F3NO4S. The van der Waals surface area contributed by atoms with Gasteiger partial charge in [-0.15, -0.1) is 0 Å². The number of halogens is 3. The molecule has 0 amide bonds. The third kappa shape index (κ3) is 5.05. The number of para-hydroxylation sites is 2. The van der Waals surface area contributed by atoms with Crippen molar-refractivity contribution in [2.24, 2.45) is 0 Å². The Morgan fingerprint density at radius 2 is 1.56 bits per heavy atom. The summed E-state index contributed by atoms with van der Waals surface area (Å²) in [6.45, 7) is 0.277. The molecule has 0 radical (unpaired) electrons. The zero-order valence-electron chi connectivity index (χ0n) is 16.8. The van der Waals surface area contributed by atoms with E-state index >= 15 is 0 Å². The molecule has 1 heterocycles. The Bertz CT molecular complexity index is 1160. The smallest absolute Gasteiger partial charge is 0.420 e. The molecule has 9 heteroatoms. The molecule has 5 nitrogen and oxygen atoms in total. The van der Waals surface area contributed by atoms with Gasteiger partial charge in [-0.3, -0.25) is 0 Å². The van der Waals surface area contributed by atoms with Gasteiger partial charge in [0.2, 0.25) is 10.0 Å². The molecule has 1 aliphatic heterocycles. The van der Waals surface area contributed by atoms with Crippen LogP contribution in [-0.2, 0) is 26.7 Å². The highest BCUT2D eigenvalue weighted by atomic mass is 32.2.